The zero-order chi connectivity index (χ0) is 4.99. The average molecular weight is 84.1 g/mol. The van der Waals surface area contributed by atoms with Crippen LogP contribution in [-0.4, -0.2) is 5.11 Å². The number of hydrogen-bond acceptors (Lipinski definition) is 1. The SMILES string of the molecule is C=CC=C(C)O. The maximum atomic E-state index is 8.34. The average Bonchev–Trinajstić information content (AvgIpc) is 1.35. The molecule has 1 nitrogen and oxygen atoms in total. The Bertz CT molecular complexity index is 68.0. The predicted molar refractivity (Wildman–Crippen MR) is 26.6 cm³/mol. The van der Waals surface area contributed by atoms with Gasteiger partial charge in [0.1, 0.15) is 0 Å². The zero-order valence-corrected chi connectivity index (χ0v) is 3.81. The summed E-state index contributed by atoms with van der Waals surface area (Å²) in [4.78, 5) is 0. The molecule has 0 radical (unpaired) electrons. The Morgan fingerprint density at radius 1 is 1.83 bits per heavy atom. The molecule has 0 amide bonds. The Balaban J connectivity index is 3.41. The number of aliphatic hydroxyl groups is 1. The highest BCUT2D eigenvalue weighted by Gasteiger charge is 1.66. The van der Waals surface area contributed by atoms with E-state index in [1.54, 1.807) is 6.92 Å². The van der Waals surface area contributed by atoms with E-state index in [0.717, 1.165) is 0 Å². The lowest BCUT2D eigenvalue weighted by Gasteiger charge is -1.76. The van der Waals surface area contributed by atoms with Crippen LogP contribution in [0.1, 0.15) is 6.92 Å². The second-order valence-electron chi connectivity index (χ2n) is 1.04. The fourth-order valence-corrected chi connectivity index (χ4v) is 0.171. The molecule has 0 fully saturated rings. The molecule has 0 aliphatic heterocycles. The summed E-state index contributed by atoms with van der Waals surface area (Å²) >= 11 is 0. The molecule has 0 aromatic rings. The summed E-state index contributed by atoms with van der Waals surface area (Å²) in [5.41, 5.74) is 0. The van der Waals surface area contributed by atoms with Gasteiger partial charge in [0.05, 0.1) is 5.76 Å². The van der Waals surface area contributed by atoms with Crippen LogP contribution in [0.25, 0.3) is 0 Å². The van der Waals surface area contributed by atoms with Crippen molar-refractivity contribution in [2.24, 2.45) is 0 Å². The van der Waals surface area contributed by atoms with E-state index in [4.69, 9.17) is 5.11 Å². The highest BCUT2D eigenvalue weighted by molar-refractivity contribution is 4.99. The summed E-state index contributed by atoms with van der Waals surface area (Å²) in [6, 6.07) is 0. The first-order valence-corrected chi connectivity index (χ1v) is 1.75. The van der Waals surface area contributed by atoms with Gasteiger partial charge in [0.15, 0.2) is 0 Å². The van der Waals surface area contributed by atoms with E-state index in [9.17, 15) is 0 Å². The van der Waals surface area contributed by atoms with Gasteiger partial charge in [-0.1, -0.05) is 12.7 Å². The molecule has 0 aliphatic carbocycles. The smallest absolute Gasteiger partial charge is 0.0891 e. The molecule has 0 aliphatic rings. The molecule has 0 aromatic carbocycles. The highest BCUT2D eigenvalue weighted by Crippen LogP contribution is 1.80. The van der Waals surface area contributed by atoms with Crippen molar-refractivity contribution in [3.05, 3.63) is 24.5 Å². The van der Waals surface area contributed by atoms with Gasteiger partial charge in [-0.25, -0.2) is 0 Å². The topological polar surface area (TPSA) is 20.2 Å². The van der Waals surface area contributed by atoms with Crippen LogP contribution in [0.4, 0.5) is 0 Å². The van der Waals surface area contributed by atoms with Crippen molar-refractivity contribution in [1.29, 1.82) is 0 Å². The van der Waals surface area contributed by atoms with Crippen LogP contribution in [0.15, 0.2) is 24.5 Å². The Morgan fingerprint density at radius 2 is 2.33 bits per heavy atom. The molecule has 0 rings (SSSR count). The quantitative estimate of drug-likeness (QED) is 0.378. The van der Waals surface area contributed by atoms with Gasteiger partial charge >= 0.3 is 0 Å². The predicted octanol–water partition coefficient (Wildman–Crippen LogP) is 1.63. The lowest BCUT2D eigenvalue weighted by Crippen LogP contribution is -1.62. The fourth-order valence-electron chi connectivity index (χ4n) is 0.171. The van der Waals surface area contributed by atoms with Crippen molar-refractivity contribution in [2.75, 3.05) is 0 Å². The van der Waals surface area contributed by atoms with Crippen LogP contribution in [0.3, 0.4) is 0 Å². The van der Waals surface area contributed by atoms with Crippen molar-refractivity contribution in [1.82, 2.24) is 0 Å². The van der Waals surface area contributed by atoms with Gasteiger partial charge in [-0.15, -0.1) is 0 Å². The molecular weight excluding hydrogens is 76.1 g/mol. The van der Waals surface area contributed by atoms with Crippen LogP contribution >= 0.6 is 0 Å². The first-order valence-electron chi connectivity index (χ1n) is 1.75. The molecule has 0 aromatic heterocycles. The van der Waals surface area contributed by atoms with E-state index in [1.165, 1.54) is 12.2 Å². The normalized spacial score (nSPS) is 11.2. The van der Waals surface area contributed by atoms with Gasteiger partial charge in [-0.2, -0.15) is 0 Å². The molecule has 0 saturated carbocycles. The fraction of sp³-hybridized carbons (Fsp3) is 0.200. The Kier molecular flexibility index (Phi) is 2.21. The third kappa shape index (κ3) is 3.28. The number of aliphatic hydroxyl groups excluding tert-OH is 1. The third-order valence-corrected chi connectivity index (χ3v) is 0.359. The Hall–Kier alpha value is -0.720. The first kappa shape index (κ1) is 5.28. The van der Waals surface area contributed by atoms with E-state index in [2.05, 4.69) is 6.58 Å². The maximum Gasteiger partial charge on any atom is 0.0891 e. The van der Waals surface area contributed by atoms with Gasteiger partial charge in [0.2, 0.25) is 0 Å². The van der Waals surface area contributed by atoms with Gasteiger partial charge in [-0.05, 0) is 13.0 Å². The molecular formula is C5H8O. The molecule has 1 heteroatoms. The second kappa shape index (κ2) is 2.51. The van der Waals surface area contributed by atoms with Crippen molar-refractivity contribution in [2.45, 2.75) is 6.92 Å². The molecule has 0 atom stereocenters. The maximum absolute atomic E-state index is 8.34. The van der Waals surface area contributed by atoms with Crippen LogP contribution in [-0.2, 0) is 0 Å². The van der Waals surface area contributed by atoms with Crippen LogP contribution in [0, 0.1) is 0 Å². The summed E-state index contributed by atoms with van der Waals surface area (Å²) in [7, 11) is 0. The molecule has 0 saturated heterocycles. The molecule has 0 unspecified atom stereocenters. The van der Waals surface area contributed by atoms with Gasteiger partial charge in [0, 0.05) is 0 Å². The third-order valence-electron chi connectivity index (χ3n) is 0.359. The van der Waals surface area contributed by atoms with Gasteiger partial charge in [0.25, 0.3) is 0 Å². The molecule has 1 N–H and O–H groups in total. The van der Waals surface area contributed by atoms with Crippen LogP contribution in [0.2, 0.25) is 0 Å². The monoisotopic (exact) mass is 84.1 g/mol. The summed E-state index contributed by atoms with van der Waals surface area (Å²) < 4.78 is 0. The number of hydrogen-bond donors (Lipinski definition) is 1. The molecule has 0 spiro atoms. The minimum absolute atomic E-state index is 0.296. The van der Waals surface area contributed by atoms with Crippen molar-refractivity contribution in [3.8, 4) is 0 Å². The van der Waals surface area contributed by atoms with Crippen LogP contribution < -0.4 is 0 Å². The summed E-state index contributed by atoms with van der Waals surface area (Å²) in [5.74, 6) is 0.296. The standard InChI is InChI=1S/C5H8O/c1-3-4-5(2)6/h3-4,6H,1H2,2H3. The van der Waals surface area contributed by atoms with Crippen molar-refractivity contribution in [3.63, 3.8) is 0 Å². The van der Waals surface area contributed by atoms with E-state index in [1.807, 2.05) is 0 Å². The molecule has 0 bridgehead atoms. The molecule has 0 heterocycles. The van der Waals surface area contributed by atoms with Gasteiger partial charge in [-0.3, -0.25) is 0 Å². The lowest BCUT2D eigenvalue weighted by atomic mass is 10.5. The minimum atomic E-state index is 0.296. The first-order chi connectivity index (χ1) is 2.77. The Labute approximate surface area is 37.6 Å². The summed E-state index contributed by atoms with van der Waals surface area (Å²) in [6.45, 7) is 4.96. The van der Waals surface area contributed by atoms with Gasteiger partial charge < -0.3 is 5.11 Å². The van der Waals surface area contributed by atoms with E-state index in [0.29, 0.717) is 5.76 Å². The van der Waals surface area contributed by atoms with Crippen molar-refractivity contribution < 1.29 is 5.11 Å². The number of allylic oxidation sites excluding steroid dienone is 3. The zero-order valence-electron chi connectivity index (χ0n) is 3.81. The highest BCUT2D eigenvalue weighted by atomic mass is 16.3. The summed E-state index contributed by atoms with van der Waals surface area (Å²) in [6.07, 6.45) is 3.06. The van der Waals surface area contributed by atoms with E-state index >= 15 is 0 Å². The van der Waals surface area contributed by atoms with Crippen LogP contribution in [0.5, 0.6) is 0 Å². The van der Waals surface area contributed by atoms with E-state index in [-0.39, 0.29) is 0 Å². The summed E-state index contributed by atoms with van der Waals surface area (Å²) in [5, 5.41) is 8.34. The molecule has 34 valence electrons. The van der Waals surface area contributed by atoms with Crippen molar-refractivity contribution >= 4 is 0 Å². The second-order valence-corrected chi connectivity index (χ2v) is 1.04. The molecule has 6 heavy (non-hydrogen) atoms. The Morgan fingerprint density at radius 3 is 2.33 bits per heavy atom. The largest absolute Gasteiger partial charge is 0.513 e. The van der Waals surface area contributed by atoms with E-state index < -0.39 is 0 Å². The minimum Gasteiger partial charge on any atom is -0.513 e. The lowest BCUT2D eigenvalue weighted by molar-refractivity contribution is 0.414. The number of rotatable bonds is 1.